The molecule has 50 heavy (non-hydrogen) atoms. The van der Waals surface area contributed by atoms with Crippen molar-refractivity contribution >= 4 is 23.5 Å². The fourth-order valence-electron chi connectivity index (χ4n) is 4.52. The van der Waals surface area contributed by atoms with Crippen molar-refractivity contribution in [3.8, 4) is 0 Å². The first-order valence-corrected chi connectivity index (χ1v) is 18.4. The minimum absolute atomic E-state index is 0.000217. The van der Waals surface area contributed by atoms with Gasteiger partial charge in [-0.2, -0.15) is 67.4 Å². The molecule has 1 aromatic heterocycles. The highest BCUT2D eigenvalue weighted by molar-refractivity contribution is 7.99. The molecular weight excluding hydrogens is 740 g/mol. The molecule has 1 rings (SSSR count). The van der Waals surface area contributed by atoms with Gasteiger partial charge in [0, 0.05) is 32.4 Å². The lowest BCUT2D eigenvalue weighted by molar-refractivity contribution is -0.485. The molecular formula is C29H45F10N3O6S2. The number of aromatic nitrogens is 3. The van der Waals surface area contributed by atoms with Crippen molar-refractivity contribution in [3.63, 3.8) is 0 Å². The topological polar surface area (TPSA) is 116 Å². The SMILES string of the molecule is CC(F)(F)C(F)(F)C(F)(F)OC(F)(F)C(F)(F)Cn1c(=O)n(CCCSCCO)c(=O)n(CCCSCCCCCCCCCCCO)c1=O. The van der Waals surface area contributed by atoms with Crippen molar-refractivity contribution in [2.24, 2.45) is 0 Å². The van der Waals surface area contributed by atoms with Crippen LogP contribution in [0.1, 0.15) is 77.6 Å². The second-order valence-corrected chi connectivity index (χ2v) is 14.1. The first-order chi connectivity index (χ1) is 23.2. The molecule has 1 aromatic rings. The number of aliphatic hydroxyl groups excluding tert-OH is 2. The van der Waals surface area contributed by atoms with Crippen LogP contribution in [0.3, 0.4) is 0 Å². The first kappa shape index (κ1) is 46.3. The molecule has 21 heteroatoms. The van der Waals surface area contributed by atoms with Gasteiger partial charge < -0.3 is 10.2 Å². The molecule has 294 valence electrons. The molecule has 0 saturated heterocycles. The van der Waals surface area contributed by atoms with Crippen LogP contribution in [-0.2, 0) is 24.4 Å². The van der Waals surface area contributed by atoms with Gasteiger partial charge >= 0.3 is 47.1 Å². The van der Waals surface area contributed by atoms with Gasteiger partial charge in [0.2, 0.25) is 0 Å². The monoisotopic (exact) mass is 785 g/mol. The lowest BCUT2D eigenvalue weighted by atomic mass is 10.1. The minimum Gasteiger partial charge on any atom is -0.396 e. The molecule has 0 amide bonds. The number of rotatable bonds is 28. The maximum Gasteiger partial charge on any atom is 0.430 e. The predicted octanol–water partition coefficient (Wildman–Crippen LogP) is 6.04. The van der Waals surface area contributed by atoms with E-state index in [4.69, 9.17) is 10.2 Å². The van der Waals surface area contributed by atoms with Crippen LogP contribution in [-0.4, -0.2) is 90.1 Å². The number of aliphatic hydroxyl groups is 2. The van der Waals surface area contributed by atoms with Crippen LogP contribution >= 0.6 is 23.5 Å². The lowest BCUT2D eigenvalue weighted by Crippen LogP contribution is -2.61. The highest BCUT2D eigenvalue weighted by Crippen LogP contribution is 2.50. The Morgan fingerprint density at radius 1 is 0.540 bits per heavy atom. The number of thioether (sulfide) groups is 2. The Labute approximate surface area is 290 Å². The van der Waals surface area contributed by atoms with Gasteiger partial charge in [-0.3, -0.25) is 0 Å². The van der Waals surface area contributed by atoms with E-state index in [1.54, 1.807) is 0 Å². The summed E-state index contributed by atoms with van der Waals surface area (Å²) < 4.78 is 141. The minimum atomic E-state index is -6.84. The van der Waals surface area contributed by atoms with E-state index in [0.717, 1.165) is 63.5 Å². The Balaban J connectivity index is 3.09. The zero-order valence-electron chi connectivity index (χ0n) is 27.6. The average molecular weight is 786 g/mol. The molecule has 0 aromatic carbocycles. The molecule has 0 atom stereocenters. The molecule has 1 heterocycles. The second kappa shape index (κ2) is 21.1. The van der Waals surface area contributed by atoms with Crippen LogP contribution in [0.25, 0.3) is 0 Å². The lowest BCUT2D eigenvalue weighted by Gasteiger charge is -2.34. The zero-order chi connectivity index (χ0) is 38.2. The summed E-state index contributed by atoms with van der Waals surface area (Å²) in [7, 11) is 0. The van der Waals surface area contributed by atoms with E-state index in [1.165, 1.54) is 23.5 Å². The molecule has 9 nitrogen and oxygen atoms in total. The van der Waals surface area contributed by atoms with E-state index in [1.807, 2.05) is 0 Å². The summed E-state index contributed by atoms with van der Waals surface area (Å²) in [5.41, 5.74) is -4.93. The molecule has 0 aliphatic heterocycles. The Morgan fingerprint density at radius 3 is 1.38 bits per heavy atom. The Kier molecular flexibility index (Phi) is 19.5. The number of alkyl halides is 10. The van der Waals surface area contributed by atoms with Crippen LogP contribution in [0, 0.1) is 0 Å². The summed E-state index contributed by atoms with van der Waals surface area (Å²) in [4.78, 5) is 39.0. The molecule has 0 aliphatic carbocycles. The molecule has 0 saturated carbocycles. The van der Waals surface area contributed by atoms with Gasteiger partial charge in [0.1, 0.15) is 6.54 Å². The van der Waals surface area contributed by atoms with E-state index in [9.17, 15) is 58.3 Å². The normalized spacial score (nSPS) is 13.4. The zero-order valence-corrected chi connectivity index (χ0v) is 29.2. The van der Waals surface area contributed by atoms with E-state index >= 15 is 0 Å². The molecule has 0 unspecified atom stereocenters. The summed E-state index contributed by atoms with van der Waals surface area (Å²) in [5.74, 6) is -16.8. The summed E-state index contributed by atoms with van der Waals surface area (Å²) in [6, 6.07) is 0. The van der Waals surface area contributed by atoms with Gasteiger partial charge in [-0.25, -0.2) is 32.8 Å². The highest BCUT2D eigenvalue weighted by Gasteiger charge is 2.75. The van der Waals surface area contributed by atoms with Crippen molar-refractivity contribution in [3.05, 3.63) is 31.5 Å². The van der Waals surface area contributed by atoms with Crippen LogP contribution < -0.4 is 17.1 Å². The summed E-state index contributed by atoms with van der Waals surface area (Å²) in [6.07, 6.45) is -4.43. The third-order valence-corrected chi connectivity index (χ3v) is 9.57. The van der Waals surface area contributed by atoms with Crippen LogP contribution in [0.2, 0.25) is 0 Å². The molecule has 0 spiro atoms. The largest absolute Gasteiger partial charge is 0.430 e. The number of nitrogens with zero attached hydrogens (tertiary/aromatic N) is 3. The number of halogens is 10. The average Bonchev–Trinajstić information content (AvgIpc) is 3.01. The van der Waals surface area contributed by atoms with Gasteiger partial charge in [0.25, 0.3) is 0 Å². The third-order valence-electron chi connectivity index (χ3n) is 7.36. The standard InChI is InChI=1S/C29H45F10N3O6S2/c1-25(30,31)27(34,35)29(38,39)48-28(36,37)26(32,33)21-42-23(46)40(22(45)41(24(42)47)14-12-19-50-20-16-44)13-11-18-49-17-10-8-6-4-2-3-5-7-9-15-43/h43-44H,2-21H2,1H3. The number of hydrogen-bond acceptors (Lipinski definition) is 8. The Bertz CT molecular complexity index is 1320. The molecule has 0 fully saturated rings. The van der Waals surface area contributed by atoms with Crippen LogP contribution in [0.5, 0.6) is 0 Å². The summed E-state index contributed by atoms with van der Waals surface area (Å²) in [6.45, 7) is -4.51. The maximum atomic E-state index is 14.7. The van der Waals surface area contributed by atoms with E-state index in [-0.39, 0.29) is 42.1 Å². The van der Waals surface area contributed by atoms with Crippen molar-refractivity contribution in [2.45, 2.75) is 127 Å². The fraction of sp³-hybridized carbons (Fsp3) is 0.897. The number of hydrogen-bond donors (Lipinski definition) is 2. The Hall–Kier alpha value is -1.71. The van der Waals surface area contributed by atoms with Gasteiger partial charge in [-0.1, -0.05) is 44.9 Å². The van der Waals surface area contributed by atoms with E-state index in [2.05, 4.69) is 4.74 Å². The van der Waals surface area contributed by atoms with Gasteiger partial charge in [-0.05, 0) is 42.9 Å². The predicted molar refractivity (Wildman–Crippen MR) is 170 cm³/mol. The first-order valence-electron chi connectivity index (χ1n) is 16.1. The van der Waals surface area contributed by atoms with E-state index < -0.39 is 78.2 Å². The van der Waals surface area contributed by atoms with Crippen molar-refractivity contribution in [2.75, 3.05) is 36.2 Å². The van der Waals surface area contributed by atoms with Crippen LogP contribution in [0.4, 0.5) is 43.9 Å². The molecule has 0 aliphatic rings. The third kappa shape index (κ3) is 13.7. The molecule has 2 N–H and O–H groups in total. The smallest absolute Gasteiger partial charge is 0.396 e. The molecule has 0 bridgehead atoms. The van der Waals surface area contributed by atoms with Crippen molar-refractivity contribution in [1.29, 1.82) is 0 Å². The van der Waals surface area contributed by atoms with Gasteiger partial charge in [0.15, 0.2) is 0 Å². The molecule has 0 radical (unpaired) electrons. The second-order valence-electron chi connectivity index (χ2n) is 11.6. The van der Waals surface area contributed by atoms with E-state index in [0.29, 0.717) is 10.3 Å². The Morgan fingerprint density at radius 2 is 0.940 bits per heavy atom. The van der Waals surface area contributed by atoms with Gasteiger partial charge in [0.05, 0.1) is 6.61 Å². The van der Waals surface area contributed by atoms with Gasteiger partial charge in [-0.15, -0.1) is 0 Å². The van der Waals surface area contributed by atoms with Crippen molar-refractivity contribution in [1.82, 2.24) is 13.7 Å². The van der Waals surface area contributed by atoms with Crippen LogP contribution in [0.15, 0.2) is 14.4 Å². The maximum absolute atomic E-state index is 14.7. The number of unbranched alkanes of at least 4 members (excludes halogenated alkanes) is 8. The number of ether oxygens (including phenoxy) is 1. The van der Waals surface area contributed by atoms with Crippen molar-refractivity contribution < 1.29 is 58.9 Å². The summed E-state index contributed by atoms with van der Waals surface area (Å²) in [5, 5.41) is 17.7. The highest BCUT2D eigenvalue weighted by atomic mass is 32.2. The quantitative estimate of drug-likeness (QED) is 0.0781. The fourth-order valence-corrected chi connectivity index (χ4v) is 6.13. The summed E-state index contributed by atoms with van der Waals surface area (Å²) >= 11 is 2.63.